The van der Waals surface area contributed by atoms with Crippen molar-refractivity contribution >= 4 is 16.9 Å². The second kappa shape index (κ2) is 4.35. The summed E-state index contributed by atoms with van der Waals surface area (Å²) in [6.45, 7) is 0. The SMILES string of the molecule is N#Cc1ccc(C(=O)n2nnc3ccccc32)cc1. The largest absolute Gasteiger partial charge is 0.280 e. The number of carbonyl (C=O) groups is 1. The van der Waals surface area contributed by atoms with Crippen LogP contribution < -0.4 is 0 Å². The topological polar surface area (TPSA) is 71.6 Å². The Morgan fingerprint density at radius 2 is 1.84 bits per heavy atom. The lowest BCUT2D eigenvalue weighted by molar-refractivity contribution is 0.0948. The zero-order valence-corrected chi connectivity index (χ0v) is 9.82. The maximum Gasteiger partial charge on any atom is 0.280 e. The Kier molecular flexibility index (Phi) is 2.54. The normalized spacial score (nSPS) is 10.3. The number of nitrogens with zero attached hydrogens (tertiary/aromatic N) is 4. The van der Waals surface area contributed by atoms with Gasteiger partial charge in [0.05, 0.1) is 17.1 Å². The molecule has 2 aromatic carbocycles. The Morgan fingerprint density at radius 1 is 1.11 bits per heavy atom. The molecule has 0 amide bonds. The summed E-state index contributed by atoms with van der Waals surface area (Å²) < 4.78 is 1.26. The second-order valence-corrected chi connectivity index (χ2v) is 3.98. The molecule has 0 bridgehead atoms. The van der Waals surface area contributed by atoms with Gasteiger partial charge in [-0.15, -0.1) is 5.10 Å². The average molecular weight is 248 g/mol. The Bertz CT molecular complexity index is 796. The van der Waals surface area contributed by atoms with E-state index in [-0.39, 0.29) is 5.91 Å². The Labute approximate surface area is 108 Å². The molecule has 5 nitrogen and oxygen atoms in total. The standard InChI is InChI=1S/C14H8N4O/c15-9-10-5-7-11(8-6-10)14(19)18-13-4-2-1-3-12(13)16-17-18/h1-8H. The molecule has 3 rings (SSSR count). The van der Waals surface area contributed by atoms with Crippen LogP contribution in [0.25, 0.3) is 11.0 Å². The van der Waals surface area contributed by atoms with Gasteiger partial charge in [-0.1, -0.05) is 17.3 Å². The van der Waals surface area contributed by atoms with E-state index < -0.39 is 0 Å². The van der Waals surface area contributed by atoms with Crippen molar-refractivity contribution in [2.75, 3.05) is 0 Å². The van der Waals surface area contributed by atoms with Gasteiger partial charge < -0.3 is 0 Å². The highest BCUT2D eigenvalue weighted by Gasteiger charge is 2.13. The van der Waals surface area contributed by atoms with E-state index >= 15 is 0 Å². The van der Waals surface area contributed by atoms with Crippen molar-refractivity contribution in [3.05, 3.63) is 59.7 Å². The average Bonchev–Trinajstić information content (AvgIpc) is 2.90. The molecule has 1 heterocycles. The third-order valence-corrected chi connectivity index (χ3v) is 2.81. The molecule has 0 unspecified atom stereocenters. The third kappa shape index (κ3) is 1.85. The number of carbonyl (C=O) groups excluding carboxylic acids is 1. The van der Waals surface area contributed by atoms with Crippen molar-refractivity contribution in [3.8, 4) is 6.07 Å². The van der Waals surface area contributed by atoms with Gasteiger partial charge in [0, 0.05) is 5.56 Å². The van der Waals surface area contributed by atoms with Crippen molar-refractivity contribution in [2.24, 2.45) is 0 Å². The monoisotopic (exact) mass is 248 g/mol. The quantitative estimate of drug-likeness (QED) is 0.660. The summed E-state index contributed by atoms with van der Waals surface area (Å²) in [5.41, 5.74) is 2.32. The fourth-order valence-corrected chi connectivity index (χ4v) is 1.83. The number of para-hydroxylation sites is 1. The van der Waals surface area contributed by atoms with Crippen LogP contribution in [0, 0.1) is 11.3 Å². The van der Waals surface area contributed by atoms with E-state index in [0.717, 1.165) is 0 Å². The van der Waals surface area contributed by atoms with Gasteiger partial charge in [-0.3, -0.25) is 4.79 Å². The molecule has 1 aromatic heterocycles. The predicted molar refractivity (Wildman–Crippen MR) is 68.4 cm³/mol. The predicted octanol–water partition coefficient (Wildman–Crippen LogP) is 1.99. The molecule has 0 radical (unpaired) electrons. The van der Waals surface area contributed by atoms with Gasteiger partial charge in [-0.2, -0.15) is 9.94 Å². The minimum absolute atomic E-state index is 0.266. The Balaban J connectivity index is 2.06. The summed E-state index contributed by atoms with van der Waals surface area (Å²) in [6.07, 6.45) is 0. The minimum atomic E-state index is -0.266. The maximum absolute atomic E-state index is 12.3. The first-order valence-electron chi connectivity index (χ1n) is 5.65. The lowest BCUT2D eigenvalue weighted by atomic mass is 10.1. The van der Waals surface area contributed by atoms with Crippen molar-refractivity contribution in [2.45, 2.75) is 0 Å². The number of aromatic nitrogens is 3. The van der Waals surface area contributed by atoms with Gasteiger partial charge in [-0.25, -0.2) is 0 Å². The van der Waals surface area contributed by atoms with E-state index in [2.05, 4.69) is 10.3 Å². The van der Waals surface area contributed by atoms with E-state index in [1.165, 1.54) is 4.68 Å². The highest BCUT2D eigenvalue weighted by atomic mass is 16.2. The first-order chi connectivity index (χ1) is 9.29. The van der Waals surface area contributed by atoms with Crippen LogP contribution in [-0.4, -0.2) is 20.9 Å². The summed E-state index contributed by atoms with van der Waals surface area (Å²) in [4.78, 5) is 12.3. The number of benzene rings is 2. The molecular weight excluding hydrogens is 240 g/mol. The summed E-state index contributed by atoms with van der Waals surface area (Å²) in [5, 5.41) is 16.5. The zero-order chi connectivity index (χ0) is 13.2. The first-order valence-corrected chi connectivity index (χ1v) is 5.65. The summed E-state index contributed by atoms with van der Waals surface area (Å²) in [7, 11) is 0. The van der Waals surface area contributed by atoms with E-state index in [0.29, 0.717) is 22.2 Å². The first kappa shape index (κ1) is 11.1. The highest BCUT2D eigenvalue weighted by Crippen LogP contribution is 2.12. The fraction of sp³-hybridized carbons (Fsp3) is 0. The third-order valence-electron chi connectivity index (χ3n) is 2.81. The van der Waals surface area contributed by atoms with Crippen LogP contribution in [0.3, 0.4) is 0 Å². The molecule has 0 saturated heterocycles. The van der Waals surface area contributed by atoms with E-state index in [4.69, 9.17) is 5.26 Å². The van der Waals surface area contributed by atoms with Crippen LogP contribution in [-0.2, 0) is 0 Å². The molecule has 0 atom stereocenters. The lowest BCUT2D eigenvalue weighted by Crippen LogP contribution is -2.13. The van der Waals surface area contributed by atoms with Crippen LogP contribution in [0.15, 0.2) is 48.5 Å². The Morgan fingerprint density at radius 3 is 2.58 bits per heavy atom. The van der Waals surface area contributed by atoms with Gasteiger partial charge in [0.15, 0.2) is 0 Å². The molecular formula is C14H8N4O. The van der Waals surface area contributed by atoms with Crippen molar-refractivity contribution in [1.82, 2.24) is 15.0 Å². The van der Waals surface area contributed by atoms with Crippen LogP contribution in [0.2, 0.25) is 0 Å². The van der Waals surface area contributed by atoms with E-state index in [9.17, 15) is 4.79 Å². The molecule has 0 saturated carbocycles. The van der Waals surface area contributed by atoms with Crippen LogP contribution in [0.4, 0.5) is 0 Å². The number of hydrogen-bond acceptors (Lipinski definition) is 4. The molecule has 19 heavy (non-hydrogen) atoms. The van der Waals surface area contributed by atoms with E-state index in [1.807, 2.05) is 18.2 Å². The molecule has 0 aliphatic heterocycles. The van der Waals surface area contributed by atoms with Gasteiger partial charge >= 0.3 is 0 Å². The molecule has 0 aliphatic rings. The Hall–Kier alpha value is -3.00. The van der Waals surface area contributed by atoms with Gasteiger partial charge in [0.1, 0.15) is 5.52 Å². The van der Waals surface area contributed by atoms with Gasteiger partial charge in [-0.05, 0) is 36.4 Å². The van der Waals surface area contributed by atoms with Crippen LogP contribution >= 0.6 is 0 Å². The highest BCUT2D eigenvalue weighted by molar-refractivity contribution is 6.00. The summed E-state index contributed by atoms with van der Waals surface area (Å²) >= 11 is 0. The summed E-state index contributed by atoms with van der Waals surface area (Å²) in [6, 6.07) is 15.7. The van der Waals surface area contributed by atoms with Crippen molar-refractivity contribution in [3.63, 3.8) is 0 Å². The second-order valence-electron chi connectivity index (χ2n) is 3.98. The molecule has 0 fully saturated rings. The zero-order valence-electron chi connectivity index (χ0n) is 9.82. The molecule has 90 valence electrons. The van der Waals surface area contributed by atoms with Crippen molar-refractivity contribution < 1.29 is 4.79 Å². The van der Waals surface area contributed by atoms with Crippen molar-refractivity contribution in [1.29, 1.82) is 5.26 Å². The number of nitriles is 1. The molecule has 0 aliphatic carbocycles. The lowest BCUT2D eigenvalue weighted by Gasteiger charge is -2.01. The molecule has 3 aromatic rings. The number of hydrogen-bond donors (Lipinski definition) is 0. The molecule has 0 spiro atoms. The smallest absolute Gasteiger partial charge is 0.267 e. The molecule has 0 N–H and O–H groups in total. The number of rotatable bonds is 1. The van der Waals surface area contributed by atoms with Gasteiger partial charge in [0.25, 0.3) is 5.91 Å². The summed E-state index contributed by atoms with van der Waals surface area (Å²) in [5.74, 6) is -0.266. The van der Waals surface area contributed by atoms with Crippen LogP contribution in [0.5, 0.6) is 0 Å². The molecule has 5 heteroatoms. The van der Waals surface area contributed by atoms with Crippen LogP contribution in [0.1, 0.15) is 15.9 Å². The van der Waals surface area contributed by atoms with Gasteiger partial charge in [0.2, 0.25) is 0 Å². The fourth-order valence-electron chi connectivity index (χ4n) is 1.83. The number of fused-ring (bicyclic) bond motifs is 1. The van der Waals surface area contributed by atoms with E-state index in [1.54, 1.807) is 36.4 Å². The minimum Gasteiger partial charge on any atom is -0.267 e. The maximum atomic E-state index is 12.3.